The van der Waals surface area contributed by atoms with Crippen molar-refractivity contribution in [2.75, 3.05) is 19.0 Å². The van der Waals surface area contributed by atoms with Crippen molar-refractivity contribution in [3.63, 3.8) is 0 Å². The van der Waals surface area contributed by atoms with Gasteiger partial charge < -0.3 is 21.0 Å². The molecule has 0 saturated heterocycles. The molecule has 0 saturated carbocycles. The van der Waals surface area contributed by atoms with E-state index in [0.29, 0.717) is 5.56 Å². The third-order valence-corrected chi connectivity index (χ3v) is 2.23. The third kappa shape index (κ3) is 2.59. The van der Waals surface area contributed by atoms with E-state index in [9.17, 15) is 10.1 Å². The van der Waals surface area contributed by atoms with Crippen molar-refractivity contribution in [3.05, 3.63) is 27.8 Å². The van der Waals surface area contributed by atoms with E-state index in [1.165, 1.54) is 19.2 Å². The molecule has 0 aliphatic heterocycles. The molecular weight excluding hydrogens is 240 g/mol. The summed E-state index contributed by atoms with van der Waals surface area (Å²) < 4.78 is 5.20. The van der Waals surface area contributed by atoms with Crippen molar-refractivity contribution >= 4 is 17.2 Å². The minimum absolute atomic E-state index is 0.0657. The number of nitro groups is 1. The molecule has 0 aromatic heterocycles. The average molecular weight is 254 g/mol. The number of oxime groups is 1. The fraction of sp³-hybridized carbons (Fsp3) is 0.300. The number of nitrogens with one attached hydrogen (secondary N) is 1. The zero-order chi connectivity index (χ0) is 13.7. The highest BCUT2D eigenvalue weighted by Crippen LogP contribution is 2.36. The first kappa shape index (κ1) is 13.6. The number of hydrogen-bond acceptors (Lipinski definition) is 6. The number of hydrogen-bond donors (Lipinski definition) is 3. The van der Waals surface area contributed by atoms with Gasteiger partial charge in [0.1, 0.15) is 5.69 Å². The Labute approximate surface area is 103 Å². The van der Waals surface area contributed by atoms with E-state index in [1.54, 1.807) is 6.92 Å². The maximum absolute atomic E-state index is 11.0. The number of anilines is 1. The predicted octanol–water partition coefficient (Wildman–Crippen LogP) is 1.13. The zero-order valence-corrected chi connectivity index (χ0v) is 10.0. The summed E-state index contributed by atoms with van der Waals surface area (Å²) in [6.45, 7) is 1.97. The van der Waals surface area contributed by atoms with E-state index >= 15 is 0 Å². The molecule has 8 nitrogen and oxygen atoms in total. The van der Waals surface area contributed by atoms with Crippen LogP contribution in [0.2, 0.25) is 0 Å². The van der Waals surface area contributed by atoms with Crippen LogP contribution >= 0.6 is 0 Å². The van der Waals surface area contributed by atoms with Gasteiger partial charge in [0.05, 0.1) is 11.5 Å². The standard InChI is InChI=1S/C10H14N4O4/c1-3-18-8-5-6(10(11)13-15)4-7(12-2)9(8)14(16)17/h4-5,12,15H,3H2,1-2H3,(H2,11,13). The summed E-state index contributed by atoms with van der Waals surface area (Å²) >= 11 is 0. The van der Waals surface area contributed by atoms with E-state index in [4.69, 9.17) is 15.7 Å². The minimum Gasteiger partial charge on any atom is -0.487 e. The Balaban J connectivity index is 3.47. The van der Waals surface area contributed by atoms with E-state index in [2.05, 4.69) is 10.5 Å². The van der Waals surface area contributed by atoms with Crippen LogP contribution in [0, 0.1) is 10.1 Å². The lowest BCUT2D eigenvalue weighted by molar-refractivity contribution is -0.384. The molecule has 18 heavy (non-hydrogen) atoms. The van der Waals surface area contributed by atoms with Gasteiger partial charge in [0.2, 0.25) is 0 Å². The first-order valence-corrected chi connectivity index (χ1v) is 5.16. The summed E-state index contributed by atoms with van der Waals surface area (Å²) in [6.07, 6.45) is 0. The zero-order valence-electron chi connectivity index (χ0n) is 10.0. The van der Waals surface area contributed by atoms with Gasteiger partial charge in [0, 0.05) is 12.6 Å². The van der Waals surface area contributed by atoms with Crippen LogP contribution in [0.4, 0.5) is 11.4 Å². The monoisotopic (exact) mass is 254 g/mol. The average Bonchev–Trinajstić information content (AvgIpc) is 2.36. The van der Waals surface area contributed by atoms with Crippen LogP contribution in [0.1, 0.15) is 12.5 Å². The van der Waals surface area contributed by atoms with E-state index in [1.807, 2.05) is 0 Å². The summed E-state index contributed by atoms with van der Waals surface area (Å²) in [7, 11) is 1.54. The fourth-order valence-corrected chi connectivity index (χ4v) is 1.46. The SMILES string of the molecule is CCOc1cc(/C(N)=N/O)cc(NC)c1[N+](=O)[O-]. The second-order valence-corrected chi connectivity index (χ2v) is 3.30. The summed E-state index contributed by atoms with van der Waals surface area (Å²) in [5.74, 6) is -0.0849. The normalized spacial score (nSPS) is 11.1. The highest BCUT2D eigenvalue weighted by Gasteiger charge is 2.22. The molecule has 4 N–H and O–H groups in total. The Morgan fingerprint density at radius 3 is 2.78 bits per heavy atom. The minimum atomic E-state index is -0.549. The summed E-state index contributed by atoms with van der Waals surface area (Å²) in [5, 5.41) is 25.2. The Bertz CT molecular complexity index is 487. The van der Waals surface area contributed by atoms with Gasteiger partial charge in [-0.25, -0.2) is 0 Å². The molecular formula is C10H14N4O4. The molecule has 0 fully saturated rings. The summed E-state index contributed by atoms with van der Waals surface area (Å²) in [6, 6.07) is 2.77. The number of rotatable bonds is 5. The lowest BCUT2D eigenvalue weighted by Crippen LogP contribution is -2.14. The molecule has 1 aromatic rings. The van der Waals surface area contributed by atoms with E-state index in [0.717, 1.165) is 0 Å². The Morgan fingerprint density at radius 1 is 1.67 bits per heavy atom. The smallest absolute Gasteiger partial charge is 0.333 e. The van der Waals surface area contributed by atoms with Crippen molar-refractivity contribution in [2.24, 2.45) is 10.9 Å². The highest BCUT2D eigenvalue weighted by molar-refractivity contribution is 5.99. The van der Waals surface area contributed by atoms with Gasteiger partial charge in [-0.15, -0.1) is 0 Å². The van der Waals surface area contributed by atoms with Crippen LogP contribution in [-0.2, 0) is 0 Å². The van der Waals surface area contributed by atoms with Crippen LogP contribution in [-0.4, -0.2) is 29.6 Å². The maximum atomic E-state index is 11.0. The molecule has 8 heteroatoms. The molecule has 0 heterocycles. The van der Waals surface area contributed by atoms with Crippen LogP contribution in [0.25, 0.3) is 0 Å². The van der Waals surface area contributed by atoms with E-state index in [-0.39, 0.29) is 29.6 Å². The second-order valence-electron chi connectivity index (χ2n) is 3.30. The van der Waals surface area contributed by atoms with Gasteiger partial charge in [-0.3, -0.25) is 10.1 Å². The molecule has 0 bridgehead atoms. The number of nitrogens with two attached hydrogens (primary N) is 1. The Kier molecular flexibility index (Phi) is 4.30. The molecule has 1 aromatic carbocycles. The topological polar surface area (TPSA) is 123 Å². The van der Waals surface area contributed by atoms with Gasteiger partial charge in [-0.05, 0) is 19.1 Å². The number of nitrogens with zero attached hydrogens (tertiary/aromatic N) is 2. The Morgan fingerprint density at radius 2 is 2.33 bits per heavy atom. The van der Waals surface area contributed by atoms with Crippen molar-refractivity contribution in [1.82, 2.24) is 0 Å². The van der Waals surface area contributed by atoms with E-state index < -0.39 is 4.92 Å². The van der Waals surface area contributed by atoms with Gasteiger partial charge in [0.15, 0.2) is 11.6 Å². The lowest BCUT2D eigenvalue weighted by atomic mass is 10.1. The first-order valence-electron chi connectivity index (χ1n) is 5.16. The molecule has 0 atom stereocenters. The van der Waals surface area contributed by atoms with Crippen LogP contribution in [0.15, 0.2) is 17.3 Å². The molecule has 1 rings (SSSR count). The number of nitro benzene ring substituents is 1. The second kappa shape index (κ2) is 5.71. The number of benzene rings is 1. The highest BCUT2D eigenvalue weighted by atomic mass is 16.6. The molecule has 0 spiro atoms. The molecule has 98 valence electrons. The van der Waals surface area contributed by atoms with Gasteiger partial charge >= 0.3 is 5.69 Å². The number of ether oxygens (including phenoxy) is 1. The maximum Gasteiger partial charge on any atom is 0.333 e. The summed E-state index contributed by atoms with van der Waals surface area (Å²) in [5.41, 5.74) is 5.83. The van der Waals surface area contributed by atoms with Crippen LogP contribution in [0.3, 0.4) is 0 Å². The molecule has 0 unspecified atom stereocenters. The lowest BCUT2D eigenvalue weighted by Gasteiger charge is -2.10. The fourth-order valence-electron chi connectivity index (χ4n) is 1.46. The third-order valence-electron chi connectivity index (χ3n) is 2.23. The summed E-state index contributed by atoms with van der Waals surface area (Å²) in [4.78, 5) is 10.5. The van der Waals surface area contributed by atoms with Gasteiger partial charge in [-0.1, -0.05) is 5.16 Å². The van der Waals surface area contributed by atoms with Crippen LogP contribution < -0.4 is 15.8 Å². The number of amidine groups is 1. The molecule has 0 aliphatic rings. The van der Waals surface area contributed by atoms with Crippen LogP contribution in [0.5, 0.6) is 5.75 Å². The quantitative estimate of drug-likeness (QED) is 0.238. The largest absolute Gasteiger partial charge is 0.487 e. The van der Waals surface area contributed by atoms with Gasteiger partial charge in [0.25, 0.3) is 0 Å². The molecule has 0 aliphatic carbocycles. The molecule has 0 radical (unpaired) electrons. The predicted molar refractivity (Wildman–Crippen MR) is 66.3 cm³/mol. The molecule has 0 amide bonds. The van der Waals surface area contributed by atoms with Crippen molar-refractivity contribution in [3.8, 4) is 5.75 Å². The van der Waals surface area contributed by atoms with Gasteiger partial charge in [-0.2, -0.15) is 0 Å². The van der Waals surface area contributed by atoms with Crippen molar-refractivity contribution in [1.29, 1.82) is 0 Å². The first-order chi connectivity index (χ1) is 8.54. The van der Waals surface area contributed by atoms with Crippen molar-refractivity contribution in [2.45, 2.75) is 6.92 Å². The Hall–Kier alpha value is -2.51. The van der Waals surface area contributed by atoms with Crippen molar-refractivity contribution < 1.29 is 14.9 Å².